The molecule has 122 valence electrons. The van der Waals surface area contributed by atoms with Crippen LogP contribution in [-0.2, 0) is 5.60 Å². The summed E-state index contributed by atoms with van der Waals surface area (Å²) in [5, 5.41) is 21.2. The summed E-state index contributed by atoms with van der Waals surface area (Å²) in [5.74, 6) is 0.780. The lowest BCUT2D eigenvalue weighted by Crippen LogP contribution is -2.37. The van der Waals surface area contributed by atoms with Gasteiger partial charge in [0.15, 0.2) is 0 Å². The van der Waals surface area contributed by atoms with E-state index in [1.807, 2.05) is 24.3 Å². The van der Waals surface area contributed by atoms with Crippen LogP contribution in [0.2, 0.25) is 0 Å². The Bertz CT molecular complexity index is 468. The molecule has 2 saturated carbocycles. The minimum atomic E-state index is -0.654. The van der Waals surface area contributed by atoms with Gasteiger partial charge in [0.25, 0.3) is 0 Å². The van der Waals surface area contributed by atoms with Crippen LogP contribution in [0.25, 0.3) is 0 Å². The normalized spacial score (nSPS) is 23.9. The number of benzene rings is 1. The van der Waals surface area contributed by atoms with Gasteiger partial charge in [-0.25, -0.2) is 0 Å². The second-order valence-corrected chi connectivity index (χ2v) is 7.19. The first kappa shape index (κ1) is 15.8. The summed E-state index contributed by atoms with van der Waals surface area (Å²) in [4.78, 5) is 0. The van der Waals surface area contributed by atoms with Crippen molar-refractivity contribution in [3.63, 3.8) is 0 Å². The Labute approximate surface area is 133 Å². The van der Waals surface area contributed by atoms with Gasteiger partial charge in [-0.15, -0.1) is 0 Å². The van der Waals surface area contributed by atoms with Crippen LogP contribution < -0.4 is 4.74 Å². The molecule has 2 aliphatic rings. The average Bonchev–Trinajstić information content (AvgIpc) is 2.55. The summed E-state index contributed by atoms with van der Waals surface area (Å²) in [6.07, 6.45) is 10.2. The molecule has 0 heterocycles. The van der Waals surface area contributed by atoms with Crippen molar-refractivity contribution in [1.82, 2.24) is 0 Å². The lowest BCUT2D eigenvalue weighted by Gasteiger charge is -2.33. The molecule has 0 atom stereocenters. The summed E-state index contributed by atoms with van der Waals surface area (Å²) in [6.45, 7) is 0.372. The fraction of sp³-hybridized carbons (Fsp3) is 0.684. The van der Waals surface area contributed by atoms with Gasteiger partial charge in [0.05, 0.1) is 11.2 Å². The third kappa shape index (κ3) is 3.64. The lowest BCUT2D eigenvalue weighted by atomic mass is 9.80. The van der Waals surface area contributed by atoms with E-state index < -0.39 is 11.2 Å². The smallest absolute Gasteiger partial charge is 0.119 e. The summed E-state index contributed by atoms with van der Waals surface area (Å²) >= 11 is 0. The standard InChI is InChI=1S/C19H28O3/c20-18(11-3-1-4-12-18)15-22-17-9-7-16(8-10-17)19(21)13-5-2-6-14-19/h7-10,20-21H,1-6,11-15H2. The van der Waals surface area contributed by atoms with E-state index in [1.165, 1.54) is 12.8 Å². The highest BCUT2D eigenvalue weighted by Crippen LogP contribution is 2.37. The van der Waals surface area contributed by atoms with Gasteiger partial charge in [0.2, 0.25) is 0 Å². The van der Waals surface area contributed by atoms with Crippen molar-refractivity contribution in [2.75, 3.05) is 6.61 Å². The van der Waals surface area contributed by atoms with Crippen molar-refractivity contribution in [2.45, 2.75) is 75.4 Å². The maximum Gasteiger partial charge on any atom is 0.119 e. The number of rotatable bonds is 4. The molecule has 0 radical (unpaired) electrons. The highest BCUT2D eigenvalue weighted by Gasteiger charge is 2.32. The van der Waals surface area contributed by atoms with E-state index >= 15 is 0 Å². The SMILES string of the molecule is OC1(COc2ccc(C3(O)CCCCC3)cc2)CCCCC1. The van der Waals surface area contributed by atoms with E-state index in [1.54, 1.807) is 0 Å². The van der Waals surface area contributed by atoms with Gasteiger partial charge in [-0.2, -0.15) is 0 Å². The molecule has 22 heavy (non-hydrogen) atoms. The van der Waals surface area contributed by atoms with Crippen LogP contribution in [0.1, 0.15) is 69.8 Å². The minimum absolute atomic E-state index is 0.372. The van der Waals surface area contributed by atoms with Crippen molar-refractivity contribution in [3.8, 4) is 5.75 Å². The number of hydrogen-bond donors (Lipinski definition) is 2. The quantitative estimate of drug-likeness (QED) is 0.886. The van der Waals surface area contributed by atoms with E-state index in [2.05, 4.69) is 0 Å². The Morgan fingerprint density at radius 3 is 1.91 bits per heavy atom. The zero-order valence-electron chi connectivity index (χ0n) is 13.4. The molecule has 2 fully saturated rings. The maximum absolute atomic E-state index is 10.7. The number of aliphatic hydroxyl groups is 2. The van der Waals surface area contributed by atoms with Crippen molar-refractivity contribution in [2.24, 2.45) is 0 Å². The molecule has 3 rings (SSSR count). The van der Waals surface area contributed by atoms with Crippen molar-refractivity contribution in [1.29, 1.82) is 0 Å². The van der Waals surface area contributed by atoms with Crippen LogP contribution in [0.3, 0.4) is 0 Å². The van der Waals surface area contributed by atoms with Gasteiger partial charge in [0.1, 0.15) is 12.4 Å². The Morgan fingerprint density at radius 1 is 0.773 bits per heavy atom. The topological polar surface area (TPSA) is 49.7 Å². The minimum Gasteiger partial charge on any atom is -0.491 e. The van der Waals surface area contributed by atoms with Gasteiger partial charge < -0.3 is 14.9 Å². The van der Waals surface area contributed by atoms with Crippen molar-refractivity contribution >= 4 is 0 Å². The molecule has 1 aromatic rings. The zero-order valence-corrected chi connectivity index (χ0v) is 13.4. The molecule has 0 aromatic heterocycles. The second kappa shape index (κ2) is 6.59. The molecular weight excluding hydrogens is 276 g/mol. The van der Waals surface area contributed by atoms with Gasteiger partial charge in [-0.3, -0.25) is 0 Å². The fourth-order valence-corrected chi connectivity index (χ4v) is 3.86. The van der Waals surface area contributed by atoms with Gasteiger partial charge in [0, 0.05) is 0 Å². The molecule has 2 N–H and O–H groups in total. The molecule has 0 bridgehead atoms. The van der Waals surface area contributed by atoms with Crippen molar-refractivity contribution < 1.29 is 14.9 Å². The van der Waals surface area contributed by atoms with Crippen LogP contribution >= 0.6 is 0 Å². The summed E-state index contributed by atoms with van der Waals surface area (Å²) in [7, 11) is 0. The molecule has 0 amide bonds. The molecular formula is C19H28O3. The average molecular weight is 304 g/mol. The van der Waals surface area contributed by atoms with Crippen LogP contribution in [-0.4, -0.2) is 22.4 Å². The van der Waals surface area contributed by atoms with Crippen LogP contribution in [0.5, 0.6) is 5.75 Å². The van der Waals surface area contributed by atoms with E-state index in [-0.39, 0.29) is 0 Å². The third-order valence-electron chi connectivity index (χ3n) is 5.36. The maximum atomic E-state index is 10.7. The Hall–Kier alpha value is -1.06. The Kier molecular flexibility index (Phi) is 4.74. The van der Waals surface area contributed by atoms with Crippen LogP contribution in [0.4, 0.5) is 0 Å². The largest absolute Gasteiger partial charge is 0.491 e. The molecule has 0 aliphatic heterocycles. The summed E-state index contributed by atoms with van der Waals surface area (Å²) in [6, 6.07) is 7.80. The molecule has 2 aliphatic carbocycles. The van der Waals surface area contributed by atoms with Gasteiger partial charge in [-0.05, 0) is 43.4 Å². The Balaban J connectivity index is 1.59. The first-order chi connectivity index (χ1) is 10.6. The first-order valence-corrected chi connectivity index (χ1v) is 8.78. The highest BCUT2D eigenvalue weighted by molar-refractivity contribution is 5.31. The number of hydrogen-bond acceptors (Lipinski definition) is 3. The predicted molar refractivity (Wildman–Crippen MR) is 87.0 cm³/mol. The first-order valence-electron chi connectivity index (χ1n) is 8.78. The molecule has 0 saturated heterocycles. The lowest BCUT2D eigenvalue weighted by molar-refractivity contribution is -0.0340. The van der Waals surface area contributed by atoms with Crippen LogP contribution in [0.15, 0.2) is 24.3 Å². The highest BCUT2D eigenvalue weighted by atomic mass is 16.5. The zero-order chi connectivity index (χ0) is 15.5. The van der Waals surface area contributed by atoms with Gasteiger partial charge in [-0.1, -0.05) is 50.7 Å². The molecule has 1 aromatic carbocycles. The second-order valence-electron chi connectivity index (χ2n) is 7.19. The Morgan fingerprint density at radius 2 is 1.32 bits per heavy atom. The third-order valence-corrected chi connectivity index (χ3v) is 5.36. The van der Waals surface area contributed by atoms with E-state index in [9.17, 15) is 10.2 Å². The fourth-order valence-electron chi connectivity index (χ4n) is 3.86. The number of ether oxygens (including phenoxy) is 1. The molecule has 0 unspecified atom stereocenters. The van der Waals surface area contributed by atoms with E-state index in [0.717, 1.165) is 62.7 Å². The summed E-state index contributed by atoms with van der Waals surface area (Å²) < 4.78 is 5.79. The van der Waals surface area contributed by atoms with E-state index in [0.29, 0.717) is 6.61 Å². The predicted octanol–water partition coefficient (Wildman–Crippen LogP) is 3.91. The monoisotopic (exact) mass is 304 g/mol. The molecule has 0 spiro atoms. The molecule has 3 nitrogen and oxygen atoms in total. The summed E-state index contributed by atoms with van der Waals surface area (Å²) in [5.41, 5.74) is -0.312. The van der Waals surface area contributed by atoms with Gasteiger partial charge >= 0.3 is 0 Å². The molecule has 3 heteroatoms. The van der Waals surface area contributed by atoms with Crippen LogP contribution in [0, 0.1) is 0 Å². The van der Waals surface area contributed by atoms with E-state index in [4.69, 9.17) is 4.74 Å². The van der Waals surface area contributed by atoms with Crippen molar-refractivity contribution in [3.05, 3.63) is 29.8 Å².